The van der Waals surface area contributed by atoms with Gasteiger partial charge in [0, 0.05) is 4.47 Å². The van der Waals surface area contributed by atoms with E-state index in [1.54, 1.807) is 18.2 Å². The Hall–Kier alpha value is -0.800. The van der Waals surface area contributed by atoms with Crippen molar-refractivity contribution in [2.45, 2.75) is 5.51 Å². The van der Waals surface area contributed by atoms with Crippen molar-refractivity contribution in [3.8, 4) is 5.75 Å². The summed E-state index contributed by atoms with van der Waals surface area (Å²) in [7, 11) is -5.69. The van der Waals surface area contributed by atoms with E-state index in [0.717, 1.165) is 10.5 Å². The minimum atomic E-state index is -5.69. The molecular formula is C11H5Br2F3O3S. The average molecular weight is 434 g/mol. The molecule has 0 saturated heterocycles. The third-order valence-electron chi connectivity index (χ3n) is 2.36. The number of halogens is 5. The van der Waals surface area contributed by atoms with Crippen molar-refractivity contribution in [3.05, 3.63) is 39.3 Å². The Bertz CT molecular complexity index is 772. The van der Waals surface area contributed by atoms with Gasteiger partial charge in [-0.15, -0.1) is 0 Å². The molecule has 2 aromatic rings. The molecule has 2 aromatic carbocycles. The van der Waals surface area contributed by atoms with Crippen molar-refractivity contribution >= 4 is 52.8 Å². The number of fused-ring (bicyclic) bond motifs is 1. The predicted molar refractivity (Wildman–Crippen MR) is 75.0 cm³/mol. The normalized spacial score (nSPS) is 12.7. The van der Waals surface area contributed by atoms with E-state index < -0.39 is 21.4 Å². The van der Waals surface area contributed by atoms with Gasteiger partial charge in [-0.25, -0.2) is 0 Å². The smallest absolute Gasteiger partial charge is 0.375 e. The summed E-state index contributed by atoms with van der Waals surface area (Å²) in [6.07, 6.45) is 0. The molecule has 0 unspecified atom stereocenters. The third-order valence-corrected chi connectivity index (χ3v) is 4.64. The van der Waals surface area contributed by atoms with Crippen LogP contribution in [0.25, 0.3) is 10.8 Å². The largest absolute Gasteiger partial charge is 0.534 e. The molecule has 0 amide bonds. The zero-order valence-electron chi connectivity index (χ0n) is 9.41. The predicted octanol–water partition coefficient (Wildman–Crippen LogP) is 4.59. The molecule has 108 valence electrons. The minimum absolute atomic E-state index is 0.135. The molecule has 0 N–H and O–H groups in total. The molecule has 0 bridgehead atoms. The highest BCUT2D eigenvalue weighted by atomic mass is 79.9. The van der Waals surface area contributed by atoms with Gasteiger partial charge in [0.2, 0.25) is 0 Å². The summed E-state index contributed by atoms with van der Waals surface area (Å²) in [4.78, 5) is 0. The quantitative estimate of drug-likeness (QED) is 0.513. The molecule has 0 heterocycles. The minimum Gasteiger partial charge on any atom is -0.375 e. The van der Waals surface area contributed by atoms with Crippen LogP contribution in [0.5, 0.6) is 5.75 Å². The summed E-state index contributed by atoms with van der Waals surface area (Å²) in [5, 5.41) is 1.24. The van der Waals surface area contributed by atoms with Gasteiger partial charge < -0.3 is 4.18 Å². The number of hydrogen-bond donors (Lipinski definition) is 0. The Kier molecular flexibility index (Phi) is 4.05. The van der Waals surface area contributed by atoms with Crippen LogP contribution in [0.3, 0.4) is 0 Å². The lowest BCUT2D eigenvalue weighted by molar-refractivity contribution is -0.0500. The zero-order valence-corrected chi connectivity index (χ0v) is 13.4. The van der Waals surface area contributed by atoms with Gasteiger partial charge >= 0.3 is 15.6 Å². The van der Waals surface area contributed by atoms with Gasteiger partial charge in [0.25, 0.3) is 0 Å². The SMILES string of the molecule is O=S(=O)(Oc1ccc2cc(Br)ccc2c1Br)C(F)(F)F. The van der Waals surface area contributed by atoms with Gasteiger partial charge in [0.1, 0.15) is 0 Å². The van der Waals surface area contributed by atoms with Gasteiger partial charge in [-0.3, -0.25) is 0 Å². The Morgan fingerprint density at radius 2 is 1.70 bits per heavy atom. The van der Waals surface area contributed by atoms with E-state index in [9.17, 15) is 21.6 Å². The Labute approximate surface area is 129 Å². The van der Waals surface area contributed by atoms with Gasteiger partial charge in [-0.2, -0.15) is 21.6 Å². The van der Waals surface area contributed by atoms with E-state index >= 15 is 0 Å². The van der Waals surface area contributed by atoms with E-state index in [-0.39, 0.29) is 4.47 Å². The van der Waals surface area contributed by atoms with Crippen molar-refractivity contribution in [2.24, 2.45) is 0 Å². The monoisotopic (exact) mass is 432 g/mol. The van der Waals surface area contributed by atoms with E-state index in [0.29, 0.717) is 10.8 Å². The summed E-state index contributed by atoms with van der Waals surface area (Å²) >= 11 is 6.31. The van der Waals surface area contributed by atoms with Crippen LogP contribution < -0.4 is 4.18 Å². The van der Waals surface area contributed by atoms with Crippen molar-refractivity contribution in [1.82, 2.24) is 0 Å². The standard InChI is InChI=1S/C11H5Br2F3O3S/c12-7-2-3-8-6(5-7)1-4-9(10(8)13)19-20(17,18)11(14,15)16/h1-5H. The molecule has 0 aromatic heterocycles. The average Bonchev–Trinajstić information content (AvgIpc) is 2.31. The van der Waals surface area contributed by atoms with Gasteiger partial charge in [-0.05, 0) is 44.9 Å². The first-order valence-electron chi connectivity index (χ1n) is 5.00. The maximum atomic E-state index is 12.3. The molecule has 0 aliphatic carbocycles. The first-order chi connectivity index (χ1) is 9.12. The molecular weight excluding hydrogens is 429 g/mol. The van der Waals surface area contributed by atoms with Gasteiger partial charge in [0.05, 0.1) is 4.47 Å². The van der Waals surface area contributed by atoms with Crippen LogP contribution >= 0.6 is 31.9 Å². The van der Waals surface area contributed by atoms with Crippen molar-refractivity contribution < 1.29 is 25.8 Å². The van der Waals surface area contributed by atoms with Gasteiger partial charge in [0.15, 0.2) is 5.75 Å². The van der Waals surface area contributed by atoms with Crippen LogP contribution in [-0.4, -0.2) is 13.9 Å². The molecule has 9 heteroatoms. The highest BCUT2D eigenvalue weighted by Crippen LogP contribution is 2.37. The van der Waals surface area contributed by atoms with Crippen LogP contribution in [-0.2, 0) is 10.1 Å². The number of alkyl halides is 3. The summed E-state index contributed by atoms with van der Waals surface area (Å²) < 4.78 is 63.9. The highest BCUT2D eigenvalue weighted by Gasteiger charge is 2.48. The lowest BCUT2D eigenvalue weighted by Gasteiger charge is -2.12. The maximum absolute atomic E-state index is 12.3. The second kappa shape index (κ2) is 5.19. The van der Waals surface area contributed by atoms with E-state index in [1.807, 2.05) is 0 Å². The molecule has 0 aliphatic rings. The lowest BCUT2D eigenvalue weighted by atomic mass is 10.1. The van der Waals surface area contributed by atoms with E-state index in [4.69, 9.17) is 0 Å². The fourth-order valence-corrected chi connectivity index (χ4v) is 3.00. The molecule has 3 nitrogen and oxygen atoms in total. The topological polar surface area (TPSA) is 43.4 Å². The summed E-state index contributed by atoms with van der Waals surface area (Å²) in [6.45, 7) is 0. The fourth-order valence-electron chi connectivity index (χ4n) is 1.47. The number of hydrogen-bond acceptors (Lipinski definition) is 3. The summed E-state index contributed by atoms with van der Waals surface area (Å²) in [5.41, 5.74) is -5.47. The van der Waals surface area contributed by atoms with Crippen molar-refractivity contribution in [2.75, 3.05) is 0 Å². The van der Waals surface area contributed by atoms with Crippen LogP contribution in [0, 0.1) is 0 Å². The van der Waals surface area contributed by atoms with E-state index in [2.05, 4.69) is 36.0 Å². The highest BCUT2D eigenvalue weighted by molar-refractivity contribution is 9.11. The summed E-state index contributed by atoms with van der Waals surface area (Å²) in [5.74, 6) is -0.419. The molecule has 20 heavy (non-hydrogen) atoms. The Morgan fingerprint density at radius 1 is 1.05 bits per heavy atom. The van der Waals surface area contributed by atoms with Crippen molar-refractivity contribution in [1.29, 1.82) is 0 Å². The maximum Gasteiger partial charge on any atom is 0.534 e. The zero-order chi connectivity index (χ0) is 15.1. The number of benzene rings is 2. The second-order valence-electron chi connectivity index (χ2n) is 3.73. The van der Waals surface area contributed by atoms with E-state index in [1.165, 1.54) is 6.07 Å². The second-order valence-corrected chi connectivity index (χ2v) is 6.97. The molecule has 0 spiro atoms. The molecule has 0 radical (unpaired) electrons. The van der Waals surface area contributed by atoms with Crippen LogP contribution in [0.15, 0.2) is 39.3 Å². The van der Waals surface area contributed by atoms with Crippen LogP contribution in [0.4, 0.5) is 13.2 Å². The molecule has 2 rings (SSSR count). The summed E-state index contributed by atoms with van der Waals surface area (Å²) in [6, 6.07) is 7.65. The third kappa shape index (κ3) is 2.94. The van der Waals surface area contributed by atoms with Crippen LogP contribution in [0.1, 0.15) is 0 Å². The number of rotatable bonds is 2. The Morgan fingerprint density at radius 3 is 2.30 bits per heavy atom. The van der Waals surface area contributed by atoms with Gasteiger partial charge in [-0.1, -0.05) is 28.1 Å². The first kappa shape index (κ1) is 15.6. The lowest BCUT2D eigenvalue weighted by Crippen LogP contribution is -2.28. The Balaban J connectivity index is 2.53. The first-order valence-corrected chi connectivity index (χ1v) is 8.00. The molecule has 0 fully saturated rings. The fraction of sp³-hybridized carbons (Fsp3) is 0.0909. The molecule has 0 aliphatic heterocycles. The molecule has 0 saturated carbocycles. The van der Waals surface area contributed by atoms with Crippen molar-refractivity contribution in [3.63, 3.8) is 0 Å². The van der Waals surface area contributed by atoms with Crippen LogP contribution in [0.2, 0.25) is 0 Å². The molecule has 0 atom stereocenters.